The first-order valence-electron chi connectivity index (χ1n) is 5.89. The molecule has 0 unspecified atom stereocenters. The molecule has 1 N–H and O–H groups in total. The van der Waals surface area contributed by atoms with Crippen LogP contribution < -0.4 is 4.90 Å². The van der Waals surface area contributed by atoms with Gasteiger partial charge in [-0.3, -0.25) is 4.98 Å². The molecule has 2 aromatic rings. The minimum absolute atomic E-state index is 0.201. The van der Waals surface area contributed by atoms with Crippen LogP contribution in [-0.2, 0) is 6.54 Å². The van der Waals surface area contributed by atoms with Crippen LogP contribution in [0, 0.1) is 6.92 Å². The molecule has 2 rings (SSSR count). The predicted molar refractivity (Wildman–Crippen MR) is 72.3 cm³/mol. The molecule has 2 aromatic heterocycles. The lowest BCUT2D eigenvalue weighted by atomic mass is 10.2. The second-order valence-corrected chi connectivity index (χ2v) is 4.35. The number of carboxylic acids is 1. The van der Waals surface area contributed by atoms with Crippen LogP contribution in [0.3, 0.4) is 0 Å². The van der Waals surface area contributed by atoms with Crippen LogP contribution in [0.25, 0.3) is 0 Å². The number of aromatic nitrogens is 2. The first-order chi connectivity index (χ1) is 9.08. The Morgan fingerprint density at radius 1 is 1.37 bits per heavy atom. The minimum Gasteiger partial charge on any atom is -0.478 e. The molecule has 0 atom stereocenters. The van der Waals surface area contributed by atoms with E-state index in [1.807, 2.05) is 37.1 Å². The third kappa shape index (κ3) is 3.07. The molecule has 98 valence electrons. The molecule has 0 aliphatic rings. The summed E-state index contributed by atoms with van der Waals surface area (Å²) in [6.07, 6.45) is 3.12. The quantitative estimate of drug-likeness (QED) is 0.908. The molecule has 0 aliphatic heterocycles. The van der Waals surface area contributed by atoms with Gasteiger partial charge in [-0.15, -0.1) is 0 Å². The van der Waals surface area contributed by atoms with Crippen LogP contribution in [0.15, 0.2) is 36.7 Å². The van der Waals surface area contributed by atoms with Crippen molar-refractivity contribution in [2.24, 2.45) is 0 Å². The summed E-state index contributed by atoms with van der Waals surface area (Å²) < 4.78 is 0. The molecule has 5 heteroatoms. The Kier molecular flexibility index (Phi) is 3.75. The third-order valence-electron chi connectivity index (χ3n) is 2.78. The van der Waals surface area contributed by atoms with Crippen LogP contribution in [-0.4, -0.2) is 28.1 Å². The number of rotatable bonds is 4. The summed E-state index contributed by atoms with van der Waals surface area (Å²) in [7, 11) is 1.91. The van der Waals surface area contributed by atoms with E-state index in [4.69, 9.17) is 5.11 Å². The second-order valence-electron chi connectivity index (χ2n) is 4.35. The molecular formula is C14H15N3O2. The van der Waals surface area contributed by atoms with Crippen molar-refractivity contribution in [3.05, 3.63) is 53.5 Å². The van der Waals surface area contributed by atoms with Gasteiger partial charge in [-0.2, -0.15) is 0 Å². The third-order valence-corrected chi connectivity index (χ3v) is 2.78. The highest BCUT2D eigenvalue weighted by Crippen LogP contribution is 2.18. The van der Waals surface area contributed by atoms with E-state index >= 15 is 0 Å². The Morgan fingerprint density at radius 3 is 2.74 bits per heavy atom. The average molecular weight is 257 g/mol. The summed E-state index contributed by atoms with van der Waals surface area (Å²) in [5, 5.41) is 8.91. The lowest BCUT2D eigenvalue weighted by molar-refractivity contribution is 0.0696. The van der Waals surface area contributed by atoms with Gasteiger partial charge in [-0.25, -0.2) is 9.78 Å². The smallest absolute Gasteiger partial charge is 0.337 e. The van der Waals surface area contributed by atoms with Gasteiger partial charge in [0.05, 0.1) is 17.8 Å². The number of anilines is 1. The highest BCUT2D eigenvalue weighted by atomic mass is 16.4. The summed E-state index contributed by atoms with van der Waals surface area (Å²) in [4.78, 5) is 21.3. The molecule has 0 aliphatic carbocycles. The Bertz CT molecular complexity index is 584. The molecule has 0 fully saturated rings. The first-order valence-corrected chi connectivity index (χ1v) is 5.89. The summed E-state index contributed by atoms with van der Waals surface area (Å²) >= 11 is 0. The topological polar surface area (TPSA) is 66.3 Å². The van der Waals surface area contributed by atoms with E-state index in [2.05, 4.69) is 9.97 Å². The molecular weight excluding hydrogens is 242 g/mol. The van der Waals surface area contributed by atoms with Crippen molar-refractivity contribution in [3.8, 4) is 0 Å². The normalized spacial score (nSPS) is 10.2. The first kappa shape index (κ1) is 13.0. The van der Waals surface area contributed by atoms with E-state index < -0.39 is 5.97 Å². The molecule has 0 saturated carbocycles. The number of carboxylic acid groups (broad SMARTS) is 1. The van der Waals surface area contributed by atoms with Crippen LogP contribution in [0.1, 0.15) is 21.6 Å². The largest absolute Gasteiger partial charge is 0.478 e. The second kappa shape index (κ2) is 5.48. The highest BCUT2D eigenvalue weighted by Gasteiger charge is 2.11. The lowest BCUT2D eigenvalue weighted by Crippen LogP contribution is -2.19. The van der Waals surface area contributed by atoms with E-state index in [9.17, 15) is 4.79 Å². The molecule has 0 aromatic carbocycles. The van der Waals surface area contributed by atoms with Gasteiger partial charge >= 0.3 is 5.97 Å². The van der Waals surface area contributed by atoms with Gasteiger partial charge < -0.3 is 10.0 Å². The summed E-state index contributed by atoms with van der Waals surface area (Å²) in [6.45, 7) is 2.48. The number of carbonyl (C=O) groups is 1. The zero-order valence-electron chi connectivity index (χ0n) is 10.9. The van der Waals surface area contributed by atoms with Crippen molar-refractivity contribution in [3.63, 3.8) is 0 Å². The Balaban J connectivity index is 2.20. The van der Waals surface area contributed by atoms with Crippen molar-refractivity contribution in [2.75, 3.05) is 11.9 Å². The summed E-state index contributed by atoms with van der Waals surface area (Å²) in [5.41, 5.74) is 1.97. The number of aryl methyl sites for hydroxylation is 1. The molecule has 0 spiro atoms. The molecule has 0 amide bonds. The monoisotopic (exact) mass is 257 g/mol. The summed E-state index contributed by atoms with van der Waals surface area (Å²) in [5.74, 6) is -0.204. The maximum absolute atomic E-state index is 10.9. The standard InChI is InChI=1S/C14H15N3O2/c1-10-7-11(14(18)19)8-16-13(10)17(2)9-12-5-3-4-6-15-12/h3-8H,9H2,1-2H3,(H,18,19). The van der Waals surface area contributed by atoms with Crippen molar-refractivity contribution < 1.29 is 9.90 Å². The van der Waals surface area contributed by atoms with Gasteiger partial charge in [0.2, 0.25) is 0 Å². The van der Waals surface area contributed by atoms with Gasteiger partial charge in [-0.05, 0) is 30.7 Å². The maximum atomic E-state index is 10.9. The van der Waals surface area contributed by atoms with Crippen molar-refractivity contribution >= 4 is 11.8 Å². The fraction of sp³-hybridized carbons (Fsp3) is 0.214. The van der Waals surface area contributed by atoms with E-state index in [-0.39, 0.29) is 5.56 Å². The lowest BCUT2D eigenvalue weighted by Gasteiger charge is -2.19. The fourth-order valence-electron chi connectivity index (χ4n) is 1.89. The molecule has 0 radical (unpaired) electrons. The SMILES string of the molecule is Cc1cc(C(=O)O)cnc1N(C)Cc1ccccn1. The van der Waals surface area contributed by atoms with E-state index in [0.29, 0.717) is 6.54 Å². The number of pyridine rings is 2. The summed E-state index contributed by atoms with van der Waals surface area (Å²) in [6, 6.07) is 7.37. The van der Waals surface area contributed by atoms with Crippen LogP contribution >= 0.6 is 0 Å². The number of aromatic carboxylic acids is 1. The van der Waals surface area contributed by atoms with Crippen molar-refractivity contribution in [2.45, 2.75) is 13.5 Å². The van der Waals surface area contributed by atoms with Gasteiger partial charge in [0, 0.05) is 19.4 Å². The van der Waals surface area contributed by atoms with Crippen LogP contribution in [0.4, 0.5) is 5.82 Å². The van der Waals surface area contributed by atoms with Crippen molar-refractivity contribution in [1.82, 2.24) is 9.97 Å². The zero-order chi connectivity index (χ0) is 13.8. The molecule has 0 bridgehead atoms. The fourth-order valence-corrected chi connectivity index (χ4v) is 1.89. The minimum atomic E-state index is -0.963. The Hall–Kier alpha value is -2.43. The molecule has 2 heterocycles. The number of hydrogen-bond acceptors (Lipinski definition) is 4. The molecule has 5 nitrogen and oxygen atoms in total. The molecule has 0 saturated heterocycles. The van der Waals surface area contributed by atoms with Gasteiger partial charge in [0.25, 0.3) is 0 Å². The highest BCUT2D eigenvalue weighted by molar-refractivity contribution is 5.87. The van der Waals surface area contributed by atoms with Crippen LogP contribution in [0.5, 0.6) is 0 Å². The van der Waals surface area contributed by atoms with E-state index in [1.165, 1.54) is 6.20 Å². The molecule has 19 heavy (non-hydrogen) atoms. The Morgan fingerprint density at radius 2 is 2.16 bits per heavy atom. The number of nitrogens with zero attached hydrogens (tertiary/aromatic N) is 3. The maximum Gasteiger partial charge on any atom is 0.337 e. The zero-order valence-corrected chi connectivity index (χ0v) is 10.9. The van der Waals surface area contributed by atoms with Crippen molar-refractivity contribution in [1.29, 1.82) is 0 Å². The van der Waals surface area contributed by atoms with E-state index in [0.717, 1.165) is 17.1 Å². The van der Waals surface area contributed by atoms with Gasteiger partial charge in [0.15, 0.2) is 0 Å². The van der Waals surface area contributed by atoms with Crippen LogP contribution in [0.2, 0.25) is 0 Å². The Labute approximate surface area is 111 Å². The number of hydrogen-bond donors (Lipinski definition) is 1. The average Bonchev–Trinajstić information content (AvgIpc) is 2.39. The predicted octanol–water partition coefficient (Wildman–Crippen LogP) is 2.12. The van der Waals surface area contributed by atoms with Gasteiger partial charge in [0.1, 0.15) is 5.82 Å². The van der Waals surface area contributed by atoms with E-state index in [1.54, 1.807) is 12.3 Å². The van der Waals surface area contributed by atoms with Gasteiger partial charge in [-0.1, -0.05) is 6.07 Å².